The van der Waals surface area contributed by atoms with Crippen LogP contribution < -0.4 is 5.01 Å². The normalized spacial score (nSPS) is 16.4. The second kappa shape index (κ2) is 6.97. The van der Waals surface area contributed by atoms with E-state index in [1.54, 1.807) is 0 Å². The molecule has 0 N–H and O–H groups in total. The molecule has 1 aliphatic rings. The number of anilines is 1. The lowest BCUT2D eigenvalue weighted by Crippen LogP contribution is -2.18. The molecule has 0 amide bonds. The van der Waals surface area contributed by atoms with E-state index in [1.165, 1.54) is 27.5 Å². The van der Waals surface area contributed by atoms with Gasteiger partial charge in [0.15, 0.2) is 0 Å². The van der Waals surface area contributed by atoms with E-state index >= 15 is 0 Å². The molecule has 0 radical (unpaired) electrons. The van der Waals surface area contributed by atoms with Crippen LogP contribution in [0.5, 0.6) is 0 Å². The molecule has 0 bridgehead atoms. The topological polar surface area (TPSA) is 15.6 Å². The molecule has 0 aliphatic carbocycles. The maximum atomic E-state index is 5.07. The van der Waals surface area contributed by atoms with Gasteiger partial charge >= 0.3 is 0 Å². The highest BCUT2D eigenvalue weighted by molar-refractivity contribution is 6.05. The van der Waals surface area contributed by atoms with E-state index in [2.05, 4.69) is 109 Å². The number of hydrazone groups is 1. The molecule has 28 heavy (non-hydrogen) atoms. The van der Waals surface area contributed by atoms with Gasteiger partial charge < -0.3 is 0 Å². The Hall–Kier alpha value is -3.39. The number of benzene rings is 4. The van der Waals surface area contributed by atoms with Gasteiger partial charge in [0, 0.05) is 6.42 Å². The van der Waals surface area contributed by atoms with Gasteiger partial charge in [0.25, 0.3) is 0 Å². The van der Waals surface area contributed by atoms with E-state index in [9.17, 15) is 0 Å². The summed E-state index contributed by atoms with van der Waals surface area (Å²) in [5, 5.41) is 9.77. The molecule has 0 saturated carbocycles. The van der Waals surface area contributed by atoms with Crippen molar-refractivity contribution in [2.75, 3.05) is 5.01 Å². The first-order valence-corrected chi connectivity index (χ1v) is 9.75. The van der Waals surface area contributed by atoms with Gasteiger partial charge in [-0.25, -0.2) is 0 Å². The zero-order chi connectivity index (χ0) is 18.9. The van der Waals surface area contributed by atoms with Gasteiger partial charge in [0.2, 0.25) is 0 Å². The summed E-state index contributed by atoms with van der Waals surface area (Å²) in [7, 11) is 0. The molecule has 1 heterocycles. The molecule has 5 rings (SSSR count). The molecule has 1 atom stereocenters. The fourth-order valence-electron chi connectivity index (χ4n) is 4.01. The summed E-state index contributed by atoms with van der Waals surface area (Å²) < 4.78 is 0. The molecular formula is C26H22N2. The molecule has 0 saturated heterocycles. The van der Waals surface area contributed by atoms with E-state index in [4.69, 9.17) is 5.10 Å². The summed E-state index contributed by atoms with van der Waals surface area (Å²) in [6.45, 7) is 2.15. The Bertz CT molecular complexity index is 1160. The Morgan fingerprint density at radius 2 is 1.54 bits per heavy atom. The van der Waals surface area contributed by atoms with Crippen LogP contribution >= 0.6 is 0 Å². The number of hydrogen-bond acceptors (Lipinski definition) is 2. The SMILES string of the molecule is Cc1cccc(C2CC(c3ccc4ccccc4c3)=NN2c2ccccc2)c1. The molecule has 4 aromatic rings. The fourth-order valence-corrected chi connectivity index (χ4v) is 4.01. The Morgan fingerprint density at radius 1 is 0.750 bits per heavy atom. The Kier molecular flexibility index (Phi) is 4.17. The monoisotopic (exact) mass is 362 g/mol. The van der Waals surface area contributed by atoms with Crippen molar-refractivity contribution in [1.29, 1.82) is 0 Å². The molecule has 1 unspecified atom stereocenters. The van der Waals surface area contributed by atoms with Crippen molar-refractivity contribution in [2.45, 2.75) is 19.4 Å². The number of aryl methyl sites for hydroxylation is 1. The molecule has 0 aromatic heterocycles. The van der Waals surface area contributed by atoms with Crippen LogP contribution in [-0.4, -0.2) is 5.71 Å². The van der Waals surface area contributed by atoms with Crippen molar-refractivity contribution >= 4 is 22.2 Å². The van der Waals surface area contributed by atoms with Gasteiger partial charge in [-0.15, -0.1) is 0 Å². The van der Waals surface area contributed by atoms with Gasteiger partial charge in [-0.1, -0.05) is 84.4 Å². The Balaban J connectivity index is 1.58. The maximum Gasteiger partial charge on any atom is 0.0831 e. The third-order valence-electron chi connectivity index (χ3n) is 5.44. The van der Waals surface area contributed by atoms with Gasteiger partial charge in [-0.05, 0) is 47.0 Å². The van der Waals surface area contributed by atoms with Crippen LogP contribution in [0, 0.1) is 6.92 Å². The zero-order valence-corrected chi connectivity index (χ0v) is 15.9. The van der Waals surface area contributed by atoms with E-state index < -0.39 is 0 Å². The first-order chi connectivity index (χ1) is 13.8. The predicted octanol–water partition coefficient (Wildman–Crippen LogP) is 6.50. The van der Waals surface area contributed by atoms with E-state index in [0.29, 0.717) is 0 Å². The van der Waals surface area contributed by atoms with E-state index in [1.807, 2.05) is 0 Å². The van der Waals surface area contributed by atoms with Crippen LogP contribution in [-0.2, 0) is 0 Å². The van der Waals surface area contributed by atoms with Crippen LogP contribution in [0.3, 0.4) is 0 Å². The average molecular weight is 362 g/mol. The minimum absolute atomic E-state index is 0.212. The second-order valence-corrected chi connectivity index (χ2v) is 7.42. The van der Waals surface area contributed by atoms with E-state index in [-0.39, 0.29) is 6.04 Å². The molecule has 4 aromatic carbocycles. The van der Waals surface area contributed by atoms with Gasteiger partial charge in [-0.2, -0.15) is 5.10 Å². The number of rotatable bonds is 3. The zero-order valence-electron chi connectivity index (χ0n) is 15.9. The lowest BCUT2D eigenvalue weighted by atomic mass is 9.96. The highest BCUT2D eigenvalue weighted by Gasteiger charge is 2.29. The van der Waals surface area contributed by atoms with Crippen molar-refractivity contribution in [3.63, 3.8) is 0 Å². The first kappa shape index (κ1) is 16.8. The predicted molar refractivity (Wildman–Crippen MR) is 118 cm³/mol. The molecule has 1 aliphatic heterocycles. The summed E-state index contributed by atoms with van der Waals surface area (Å²) in [6, 6.07) is 34.6. The van der Waals surface area contributed by atoms with Gasteiger partial charge in [-0.3, -0.25) is 5.01 Å². The molecule has 136 valence electrons. The number of para-hydroxylation sites is 1. The van der Waals surface area contributed by atoms with E-state index in [0.717, 1.165) is 17.8 Å². The third-order valence-corrected chi connectivity index (χ3v) is 5.44. The molecule has 2 heteroatoms. The summed E-state index contributed by atoms with van der Waals surface area (Å²) in [4.78, 5) is 0. The quantitative estimate of drug-likeness (QED) is 0.406. The second-order valence-electron chi connectivity index (χ2n) is 7.42. The minimum Gasteiger partial charge on any atom is -0.257 e. The van der Waals surface area contributed by atoms with Crippen LogP contribution in [0.25, 0.3) is 10.8 Å². The smallest absolute Gasteiger partial charge is 0.0831 e. The molecule has 0 fully saturated rings. The lowest BCUT2D eigenvalue weighted by Gasteiger charge is -2.24. The summed E-state index contributed by atoms with van der Waals surface area (Å²) in [5.74, 6) is 0. The summed E-state index contributed by atoms with van der Waals surface area (Å²) in [5.41, 5.74) is 6.06. The number of hydrogen-bond donors (Lipinski definition) is 0. The van der Waals surface area contributed by atoms with Crippen molar-refractivity contribution in [2.24, 2.45) is 5.10 Å². The summed E-state index contributed by atoms with van der Waals surface area (Å²) in [6.07, 6.45) is 0.899. The third kappa shape index (κ3) is 3.07. The highest BCUT2D eigenvalue weighted by Crippen LogP contribution is 2.37. The maximum absolute atomic E-state index is 5.07. The molecular weight excluding hydrogens is 340 g/mol. The number of fused-ring (bicyclic) bond motifs is 1. The Morgan fingerprint density at radius 3 is 2.36 bits per heavy atom. The average Bonchev–Trinajstić information content (AvgIpc) is 3.20. The molecule has 2 nitrogen and oxygen atoms in total. The van der Waals surface area contributed by atoms with Crippen molar-refractivity contribution in [3.8, 4) is 0 Å². The minimum atomic E-state index is 0.212. The highest BCUT2D eigenvalue weighted by atomic mass is 15.5. The van der Waals surface area contributed by atoms with Crippen molar-refractivity contribution in [1.82, 2.24) is 0 Å². The van der Waals surface area contributed by atoms with Gasteiger partial charge in [0.05, 0.1) is 17.4 Å². The lowest BCUT2D eigenvalue weighted by molar-refractivity contribution is 0.708. The Labute approximate surface area is 165 Å². The van der Waals surface area contributed by atoms with Gasteiger partial charge in [0.1, 0.15) is 0 Å². The largest absolute Gasteiger partial charge is 0.257 e. The van der Waals surface area contributed by atoms with Crippen LogP contribution in [0.2, 0.25) is 0 Å². The van der Waals surface area contributed by atoms with Crippen LogP contribution in [0.15, 0.2) is 102 Å². The number of nitrogens with zero attached hydrogens (tertiary/aromatic N) is 2. The van der Waals surface area contributed by atoms with Crippen LogP contribution in [0.1, 0.15) is 29.2 Å². The standard InChI is InChI=1S/C26H22N2/c1-19-8-7-11-23(16-19)26-18-25(27-28(26)24-12-3-2-4-13-24)22-15-14-20-9-5-6-10-21(20)17-22/h2-17,26H,18H2,1H3. The first-order valence-electron chi connectivity index (χ1n) is 9.75. The summed E-state index contributed by atoms with van der Waals surface area (Å²) >= 11 is 0. The van der Waals surface area contributed by atoms with Crippen LogP contribution in [0.4, 0.5) is 5.69 Å². The van der Waals surface area contributed by atoms with Crippen molar-refractivity contribution < 1.29 is 0 Å². The fraction of sp³-hybridized carbons (Fsp3) is 0.115. The van der Waals surface area contributed by atoms with Crippen molar-refractivity contribution in [3.05, 3.63) is 114 Å². The molecule has 0 spiro atoms.